The minimum absolute atomic E-state index is 0.0301. The number of nitrogens with zero attached hydrogens (tertiary/aromatic N) is 3. The molecule has 0 radical (unpaired) electrons. The van der Waals surface area contributed by atoms with Crippen molar-refractivity contribution in [2.24, 2.45) is 5.73 Å². The van der Waals surface area contributed by atoms with Crippen LogP contribution in [0.1, 0.15) is 123 Å². The van der Waals surface area contributed by atoms with Crippen LogP contribution in [-0.2, 0) is 99.8 Å². The molecule has 10 rings (SSSR count). The van der Waals surface area contributed by atoms with Gasteiger partial charge in [0.25, 0.3) is 0 Å². The molecular weight excluding hydrogens is 1600 g/mol. The minimum atomic E-state index is -4.67. The Morgan fingerprint density at radius 1 is 0.657 bits per heavy atom. The number of hydrogen-bond donors (Lipinski definition) is 6. The summed E-state index contributed by atoms with van der Waals surface area (Å²) in [5.41, 5.74) is 21.0. The van der Waals surface area contributed by atoms with Crippen LogP contribution in [-0.4, -0.2) is 91.9 Å². The number of esters is 1. The molecule has 0 bridgehead atoms. The number of anilines is 1. The van der Waals surface area contributed by atoms with Gasteiger partial charge in [0.05, 0.1) is 29.7 Å². The third kappa shape index (κ3) is 34.7. The molecule has 4 aromatic carbocycles. The van der Waals surface area contributed by atoms with Crippen molar-refractivity contribution in [2.75, 3.05) is 12.3 Å². The molecule has 0 saturated heterocycles. The van der Waals surface area contributed by atoms with Crippen molar-refractivity contribution in [2.45, 2.75) is 106 Å². The van der Waals surface area contributed by atoms with E-state index in [1.165, 1.54) is 24.0 Å². The molecule has 0 fully saturated rings. The highest BCUT2D eigenvalue weighted by molar-refractivity contribution is 9.11. The monoisotopic (exact) mass is 1670 g/mol. The van der Waals surface area contributed by atoms with Crippen LogP contribution < -0.4 is 21.4 Å². The van der Waals surface area contributed by atoms with E-state index in [9.17, 15) is 69.5 Å². The van der Waals surface area contributed by atoms with Crippen LogP contribution in [0.4, 0.5) is 36.8 Å². The van der Waals surface area contributed by atoms with Crippen LogP contribution in [0, 0.1) is 12.8 Å². The van der Waals surface area contributed by atoms with Gasteiger partial charge in [-0.25, -0.2) is 20.1 Å². The molecule has 0 unspecified atom stereocenters. The Morgan fingerprint density at radius 2 is 1.11 bits per heavy atom. The van der Waals surface area contributed by atoms with Gasteiger partial charge < -0.3 is 21.3 Å². The van der Waals surface area contributed by atoms with Crippen LogP contribution in [0.3, 0.4) is 0 Å². The van der Waals surface area contributed by atoms with Gasteiger partial charge in [-0.3, -0.25) is 42.7 Å². The number of thiazole rings is 2. The number of carbonyl (C=O) groups excluding carboxylic acids is 8. The molecule has 1 amide bonds. The summed E-state index contributed by atoms with van der Waals surface area (Å²) in [6.07, 6.45) is 10.7. The average Bonchev–Trinajstić information content (AvgIpc) is 1.19. The highest BCUT2D eigenvalue weighted by atomic mass is 79.9. The Bertz CT molecular complexity index is 4370. The van der Waals surface area contributed by atoms with E-state index in [-0.39, 0.29) is 72.6 Å². The molecule has 0 saturated carbocycles. The molecule has 0 spiro atoms. The van der Waals surface area contributed by atoms with Gasteiger partial charge in [-0.05, 0) is 171 Å². The number of rotatable bonds is 11. The number of benzene rings is 4. The quantitative estimate of drug-likeness (QED) is 0.0133. The lowest BCUT2D eigenvalue weighted by Gasteiger charge is -2.14. The fourth-order valence-electron chi connectivity index (χ4n) is 8.66. The molecule has 21 nitrogen and oxygen atoms in total. The average molecular weight is 1670 g/mol. The highest BCUT2D eigenvalue weighted by Gasteiger charge is 2.35. The number of terminal acetylenes is 1. The van der Waals surface area contributed by atoms with Crippen molar-refractivity contribution in [1.82, 2.24) is 15.3 Å². The summed E-state index contributed by atoms with van der Waals surface area (Å²) in [6, 6.07) is 27.3. The van der Waals surface area contributed by atoms with E-state index in [0.717, 1.165) is 81.6 Å². The number of pyridine rings is 1. The molecule has 3 aromatic heterocycles. The number of allylic oxidation sites excluding steroid dienone is 6. The van der Waals surface area contributed by atoms with Gasteiger partial charge in [-0.2, -0.15) is 44.1 Å². The molecule has 544 valence electrons. The summed E-state index contributed by atoms with van der Waals surface area (Å²) in [7, 11) is -4.67. The van der Waals surface area contributed by atoms with Gasteiger partial charge in [0, 0.05) is 74.2 Å². The van der Waals surface area contributed by atoms with Crippen LogP contribution in [0.2, 0.25) is 0 Å². The Morgan fingerprint density at radius 3 is 1.54 bits per heavy atom. The first-order valence-electron chi connectivity index (χ1n) is 29.4. The van der Waals surface area contributed by atoms with Gasteiger partial charge >= 0.3 is 40.7 Å². The van der Waals surface area contributed by atoms with Crippen molar-refractivity contribution in [3.63, 3.8) is 0 Å². The topological polar surface area (TPSA) is 351 Å². The van der Waals surface area contributed by atoms with Crippen molar-refractivity contribution < 1.29 is 101 Å². The van der Waals surface area contributed by atoms with E-state index in [4.69, 9.17) is 34.1 Å². The Kier molecular flexibility index (Phi) is 37.8. The number of ether oxygens (including phenoxy) is 1. The van der Waals surface area contributed by atoms with Crippen LogP contribution in [0.15, 0.2) is 147 Å². The highest BCUT2D eigenvalue weighted by Crippen LogP contribution is 2.34. The Labute approximate surface area is 616 Å². The normalized spacial score (nSPS) is 12.2. The number of nitrogens with one attached hydrogen (secondary N) is 1. The maximum Gasteiger partial charge on any atom is 0.496 e. The molecule has 8 N–H and O–H groups in total. The number of aromatic carboxylic acids is 1. The number of carboxylic acid groups (broad SMARTS) is 1. The second-order valence-electron chi connectivity index (χ2n) is 21.2. The molecule has 3 aliphatic carbocycles. The van der Waals surface area contributed by atoms with Crippen molar-refractivity contribution in [1.29, 1.82) is 0 Å². The van der Waals surface area contributed by atoms with Crippen molar-refractivity contribution in [3.05, 3.63) is 212 Å². The number of aromatic nitrogens is 3. The molecule has 3 heterocycles. The second kappa shape index (κ2) is 43.2. The zero-order valence-electron chi connectivity index (χ0n) is 55.1. The van der Waals surface area contributed by atoms with Crippen molar-refractivity contribution >= 4 is 156 Å². The predicted molar refractivity (Wildman–Crippen MR) is 384 cm³/mol. The molecule has 0 aliphatic heterocycles. The maximum absolute atomic E-state index is 12.5. The third-order valence-corrected chi connectivity index (χ3v) is 16.3. The SMILES string of the molecule is C#C.CC(=O)CC(=O)Cc1cccc(Br)c1.CC1=CC(=O)Cc2c[n+](C(=O)NCc3cnc(C(F)(F)F)s3)ccc21.CC1=CC(=O)Cc2cc(Br)ccc21.CC1=CC(=O)Cc2cc(C(=O)O)ccc21.CCOC(=O)CC(C)=O.NCc1cnc(C(F)(F)F)s1.Nc1cccc(Br)c1.O=S(=O)(O)O. The van der Waals surface area contributed by atoms with Gasteiger partial charge in [-0.1, -0.05) is 78.1 Å². The number of carbonyl (C=O) groups is 9. The number of amides is 1. The maximum atomic E-state index is 12.5. The number of nitrogen functional groups attached to an aromatic ring is 1. The number of ketones is 6. The number of halogens is 9. The lowest BCUT2D eigenvalue weighted by atomic mass is 9.90. The van der Waals surface area contributed by atoms with Crippen LogP contribution >= 0.6 is 70.5 Å². The van der Waals surface area contributed by atoms with Crippen molar-refractivity contribution in [3.8, 4) is 12.8 Å². The first-order chi connectivity index (χ1) is 47.5. The van der Waals surface area contributed by atoms with E-state index in [1.54, 1.807) is 61.8 Å². The first kappa shape index (κ1) is 89.2. The summed E-state index contributed by atoms with van der Waals surface area (Å²) < 4.78 is 113. The summed E-state index contributed by atoms with van der Waals surface area (Å²) in [5.74, 6) is -1.48. The summed E-state index contributed by atoms with van der Waals surface area (Å²) >= 11 is 11.1. The standard InChI is InChI=1S/C16H12F3N3O2S.C12H10O3.C11H11BrO2.C11H9BrO.C6H6BrN.C6H10O3.C5H5F3N2S.C2H2.H2O4S/c1-9-4-11(23)5-10-8-22(3-2-13(9)10)15(24)21-7-12-6-20-14(25-12)16(17,18)19;1-7-4-10(13)6-9-5-8(12(14)15)2-3-11(7)9;1-8(13)5-11(14)7-9-3-2-4-10(12)6-9;1-7-4-10(13)6-8-5-9(12)2-3-11(7)8;7-5-2-1-3-6(8)4-5;1-3-9-6(8)4-5(2)7;6-5(7,8)4-10-2-3(1-9)11-4;1-2;1-5(2,3)4/h2-4,6,8H,5,7H2,1H3;2-5H,6H2,1H3,(H,14,15);2-4,6H,5,7H2,1H3;2-5H,6H2,1H3;1-4H,8H2;3-4H2,1-2H3;2H,1,9H2;1-2H;(H2,1,2,3,4)/p+1. The molecule has 7 aromatic rings. The smallest absolute Gasteiger partial charge is 0.478 e. The van der Waals surface area contributed by atoms with Gasteiger partial charge in [-0.15, -0.1) is 35.5 Å². The zero-order valence-corrected chi connectivity index (χ0v) is 62.3. The number of fused-ring (bicyclic) bond motifs is 3. The Balaban J connectivity index is 0.000000410. The lowest BCUT2D eigenvalue weighted by Crippen LogP contribution is -2.50. The summed E-state index contributed by atoms with van der Waals surface area (Å²) in [5, 5.41) is 9.57. The van der Waals surface area contributed by atoms with E-state index >= 15 is 0 Å². The lowest BCUT2D eigenvalue weighted by molar-refractivity contribution is -0.572. The molecule has 3 aliphatic rings. The van der Waals surface area contributed by atoms with E-state index in [2.05, 4.69) is 86.7 Å². The molecule has 102 heavy (non-hydrogen) atoms. The van der Waals surface area contributed by atoms with Gasteiger partial charge in [0.2, 0.25) is 0 Å². The van der Waals surface area contributed by atoms with Crippen LogP contribution in [0.25, 0.3) is 16.7 Å². The largest absolute Gasteiger partial charge is 0.496 e. The summed E-state index contributed by atoms with van der Waals surface area (Å²) in [4.78, 5) is 107. The van der Waals surface area contributed by atoms with E-state index in [1.807, 2.05) is 81.4 Å². The fraction of sp³-hybridized carbons (Fsp3) is 0.246. The number of alkyl halides is 6. The van der Waals surface area contributed by atoms with Crippen LogP contribution in [0.5, 0.6) is 0 Å². The number of hydrogen-bond acceptors (Lipinski definition) is 18. The number of Topliss-reactive ketones (excluding diaryl/α,β-unsaturated/α-hetero) is 3. The molecule has 33 heteroatoms. The van der Waals surface area contributed by atoms with E-state index in [0.29, 0.717) is 58.3 Å². The van der Waals surface area contributed by atoms with E-state index < -0.39 is 50.7 Å². The summed E-state index contributed by atoms with van der Waals surface area (Å²) in [6.45, 7) is 10.5. The number of carboxylic acids is 1. The fourth-order valence-corrected chi connectivity index (χ4v) is 11.3. The number of nitrogens with two attached hydrogens (primary N) is 2. The zero-order chi connectivity index (χ0) is 77.4. The third-order valence-electron chi connectivity index (χ3n) is 12.7. The van der Waals surface area contributed by atoms with Gasteiger partial charge in [0.15, 0.2) is 27.4 Å². The minimum Gasteiger partial charge on any atom is -0.478 e. The second-order valence-corrected chi connectivity index (χ2v) is 27.1. The Hall–Kier alpha value is -8.85. The van der Waals surface area contributed by atoms with Gasteiger partial charge in [0.1, 0.15) is 36.5 Å². The first-order valence-corrected chi connectivity index (χ1v) is 34.8. The predicted octanol–water partition coefficient (Wildman–Crippen LogP) is 13.9. The molecule has 0 atom stereocenters. The molecular formula is C69H68Br3F6N6O15S3+.